The summed E-state index contributed by atoms with van der Waals surface area (Å²) in [5.41, 5.74) is 1.04. The molecule has 2 rings (SSSR count). The molecule has 2 N–H and O–H groups in total. The van der Waals surface area contributed by atoms with Gasteiger partial charge in [-0.25, -0.2) is 4.39 Å². The molecular formula is C10H12FNO. The monoisotopic (exact) mass is 181 g/mol. The first-order chi connectivity index (χ1) is 6.25. The van der Waals surface area contributed by atoms with E-state index in [4.69, 9.17) is 5.11 Å². The van der Waals surface area contributed by atoms with E-state index < -0.39 is 6.17 Å². The summed E-state index contributed by atoms with van der Waals surface area (Å²) in [6, 6.07) is 7.01. The average Bonchev–Trinajstić information content (AvgIpc) is 2.53. The molecule has 0 spiro atoms. The van der Waals surface area contributed by atoms with Gasteiger partial charge in [0.25, 0.3) is 0 Å². The lowest BCUT2D eigenvalue weighted by Crippen LogP contribution is -2.13. The minimum atomic E-state index is -0.737. The SMILES string of the molecule is Oc1ccc(C2CC(F)CN2)cc1. The Morgan fingerprint density at radius 1 is 1.31 bits per heavy atom. The molecule has 2 unspecified atom stereocenters. The Labute approximate surface area is 76.4 Å². The molecule has 1 saturated heterocycles. The third-order valence-corrected chi connectivity index (χ3v) is 2.37. The van der Waals surface area contributed by atoms with Gasteiger partial charge in [0.05, 0.1) is 0 Å². The molecule has 70 valence electrons. The van der Waals surface area contributed by atoms with Gasteiger partial charge in [0, 0.05) is 12.6 Å². The Bertz CT molecular complexity index is 285. The van der Waals surface area contributed by atoms with E-state index in [0.717, 1.165) is 5.56 Å². The molecule has 0 bridgehead atoms. The molecule has 2 nitrogen and oxygen atoms in total. The van der Waals surface area contributed by atoms with Crippen LogP contribution in [0.25, 0.3) is 0 Å². The van der Waals surface area contributed by atoms with Crippen molar-refractivity contribution >= 4 is 0 Å². The molecule has 0 radical (unpaired) electrons. The molecule has 13 heavy (non-hydrogen) atoms. The lowest BCUT2D eigenvalue weighted by molar-refractivity contribution is 0.356. The third-order valence-electron chi connectivity index (χ3n) is 2.37. The molecule has 1 aromatic rings. The lowest BCUT2D eigenvalue weighted by atomic mass is 10.1. The second-order valence-corrected chi connectivity index (χ2v) is 3.39. The van der Waals surface area contributed by atoms with E-state index in [1.807, 2.05) is 12.1 Å². The van der Waals surface area contributed by atoms with Crippen molar-refractivity contribution in [1.82, 2.24) is 5.32 Å². The summed E-state index contributed by atoms with van der Waals surface area (Å²) in [6.45, 7) is 0.436. The number of phenolic OH excluding ortho intramolecular Hbond substituents is 1. The molecule has 3 heteroatoms. The fraction of sp³-hybridized carbons (Fsp3) is 0.400. The van der Waals surface area contributed by atoms with Crippen LogP contribution < -0.4 is 5.32 Å². The predicted molar refractivity (Wildman–Crippen MR) is 48.4 cm³/mol. The summed E-state index contributed by atoms with van der Waals surface area (Å²) in [5.74, 6) is 0.249. The average molecular weight is 181 g/mol. The molecule has 1 heterocycles. The second kappa shape index (κ2) is 3.34. The molecule has 1 fully saturated rings. The number of hydrogen-bond donors (Lipinski definition) is 2. The topological polar surface area (TPSA) is 32.3 Å². The van der Waals surface area contributed by atoms with Gasteiger partial charge >= 0.3 is 0 Å². The van der Waals surface area contributed by atoms with E-state index in [2.05, 4.69) is 5.32 Å². The molecule has 0 aromatic heterocycles. The summed E-state index contributed by atoms with van der Waals surface area (Å²) >= 11 is 0. The van der Waals surface area contributed by atoms with Crippen LogP contribution in [0, 0.1) is 0 Å². The van der Waals surface area contributed by atoms with Crippen LogP contribution in [0.1, 0.15) is 18.0 Å². The first-order valence-electron chi connectivity index (χ1n) is 4.42. The number of hydrogen-bond acceptors (Lipinski definition) is 2. The van der Waals surface area contributed by atoms with Gasteiger partial charge in [-0.05, 0) is 24.1 Å². The van der Waals surface area contributed by atoms with Crippen molar-refractivity contribution in [2.45, 2.75) is 18.6 Å². The normalized spacial score (nSPS) is 27.8. The van der Waals surface area contributed by atoms with Crippen LogP contribution in [0.15, 0.2) is 24.3 Å². The summed E-state index contributed by atoms with van der Waals surface area (Å²) in [5, 5.41) is 12.1. The number of phenols is 1. The summed E-state index contributed by atoms with van der Waals surface area (Å²) in [6.07, 6.45) is -0.205. The van der Waals surface area contributed by atoms with Gasteiger partial charge in [-0.3, -0.25) is 0 Å². The number of benzene rings is 1. The number of alkyl halides is 1. The molecule has 0 amide bonds. The van der Waals surface area contributed by atoms with Crippen LogP contribution >= 0.6 is 0 Å². The highest BCUT2D eigenvalue weighted by Gasteiger charge is 2.24. The van der Waals surface area contributed by atoms with Crippen LogP contribution in [0.5, 0.6) is 5.75 Å². The number of halogens is 1. The Hall–Kier alpha value is -1.09. The van der Waals surface area contributed by atoms with Crippen molar-refractivity contribution < 1.29 is 9.50 Å². The quantitative estimate of drug-likeness (QED) is 0.692. The molecular weight excluding hydrogens is 169 g/mol. The first kappa shape index (κ1) is 8.51. The summed E-state index contributed by atoms with van der Waals surface area (Å²) < 4.78 is 12.8. The van der Waals surface area contributed by atoms with E-state index in [9.17, 15) is 4.39 Å². The van der Waals surface area contributed by atoms with E-state index in [-0.39, 0.29) is 11.8 Å². The number of rotatable bonds is 1. The van der Waals surface area contributed by atoms with Gasteiger partial charge in [-0.2, -0.15) is 0 Å². The Morgan fingerprint density at radius 3 is 2.54 bits per heavy atom. The van der Waals surface area contributed by atoms with Crippen LogP contribution in [0.2, 0.25) is 0 Å². The Morgan fingerprint density at radius 2 is 2.00 bits per heavy atom. The highest BCUT2D eigenvalue weighted by molar-refractivity contribution is 5.28. The molecule has 1 aliphatic heterocycles. The molecule has 0 aliphatic carbocycles. The van der Waals surface area contributed by atoms with Gasteiger partial charge in [-0.1, -0.05) is 12.1 Å². The van der Waals surface area contributed by atoms with Crippen molar-refractivity contribution in [2.75, 3.05) is 6.54 Å². The molecule has 2 atom stereocenters. The van der Waals surface area contributed by atoms with Gasteiger partial charge < -0.3 is 10.4 Å². The van der Waals surface area contributed by atoms with Gasteiger partial charge in [-0.15, -0.1) is 0 Å². The third kappa shape index (κ3) is 1.80. The van der Waals surface area contributed by atoms with Crippen molar-refractivity contribution in [2.24, 2.45) is 0 Å². The first-order valence-corrected chi connectivity index (χ1v) is 4.42. The number of aromatic hydroxyl groups is 1. The molecule has 1 aliphatic rings. The molecule has 0 saturated carbocycles. The van der Waals surface area contributed by atoms with E-state index >= 15 is 0 Å². The van der Waals surface area contributed by atoms with E-state index in [1.54, 1.807) is 12.1 Å². The fourth-order valence-electron chi connectivity index (χ4n) is 1.65. The van der Waals surface area contributed by atoms with E-state index in [0.29, 0.717) is 13.0 Å². The summed E-state index contributed by atoms with van der Waals surface area (Å²) in [4.78, 5) is 0. The van der Waals surface area contributed by atoms with Crippen LogP contribution in [0.3, 0.4) is 0 Å². The fourth-order valence-corrected chi connectivity index (χ4v) is 1.65. The van der Waals surface area contributed by atoms with Crippen LogP contribution in [-0.4, -0.2) is 17.8 Å². The van der Waals surface area contributed by atoms with Crippen LogP contribution in [-0.2, 0) is 0 Å². The van der Waals surface area contributed by atoms with Gasteiger partial charge in [0.15, 0.2) is 0 Å². The number of nitrogens with one attached hydrogen (secondary N) is 1. The zero-order chi connectivity index (χ0) is 9.26. The predicted octanol–water partition coefficient (Wildman–Crippen LogP) is 1.76. The Kier molecular flexibility index (Phi) is 2.19. The lowest BCUT2D eigenvalue weighted by Gasteiger charge is -2.09. The maximum atomic E-state index is 12.8. The Balaban J connectivity index is 2.13. The maximum absolute atomic E-state index is 12.8. The largest absolute Gasteiger partial charge is 0.508 e. The zero-order valence-corrected chi connectivity index (χ0v) is 7.20. The van der Waals surface area contributed by atoms with Crippen molar-refractivity contribution in [3.63, 3.8) is 0 Å². The summed E-state index contributed by atoms with van der Waals surface area (Å²) in [7, 11) is 0. The highest BCUT2D eigenvalue weighted by atomic mass is 19.1. The van der Waals surface area contributed by atoms with Gasteiger partial charge in [0.1, 0.15) is 11.9 Å². The smallest absolute Gasteiger partial charge is 0.115 e. The zero-order valence-electron chi connectivity index (χ0n) is 7.20. The minimum Gasteiger partial charge on any atom is -0.508 e. The van der Waals surface area contributed by atoms with E-state index in [1.165, 1.54) is 0 Å². The highest BCUT2D eigenvalue weighted by Crippen LogP contribution is 2.25. The van der Waals surface area contributed by atoms with Crippen molar-refractivity contribution in [3.05, 3.63) is 29.8 Å². The van der Waals surface area contributed by atoms with Crippen molar-refractivity contribution in [3.8, 4) is 5.75 Å². The van der Waals surface area contributed by atoms with Gasteiger partial charge in [0.2, 0.25) is 0 Å². The second-order valence-electron chi connectivity index (χ2n) is 3.39. The van der Waals surface area contributed by atoms with Crippen LogP contribution in [0.4, 0.5) is 4.39 Å². The molecule has 1 aromatic carbocycles. The minimum absolute atomic E-state index is 0.107. The van der Waals surface area contributed by atoms with Crippen molar-refractivity contribution in [1.29, 1.82) is 0 Å². The standard InChI is InChI=1S/C10H12FNO/c11-8-5-10(12-6-8)7-1-3-9(13)4-2-7/h1-4,8,10,12-13H,5-6H2. The maximum Gasteiger partial charge on any atom is 0.115 e.